The zero-order valence-electron chi connectivity index (χ0n) is 14.5. The topological polar surface area (TPSA) is 50.4 Å². The maximum Gasteiger partial charge on any atom is 0.407 e. The van der Waals surface area contributed by atoms with Gasteiger partial charge in [-0.15, -0.1) is 0 Å². The molecule has 1 aromatic carbocycles. The van der Waals surface area contributed by atoms with E-state index in [0.29, 0.717) is 6.04 Å². The molecule has 0 aromatic heterocycles. The van der Waals surface area contributed by atoms with Gasteiger partial charge in [0.05, 0.1) is 0 Å². The third-order valence-corrected chi connectivity index (χ3v) is 3.86. The van der Waals surface area contributed by atoms with Gasteiger partial charge in [0.1, 0.15) is 5.60 Å². The molecule has 0 radical (unpaired) electrons. The molecule has 0 saturated heterocycles. The van der Waals surface area contributed by atoms with E-state index in [-0.39, 0.29) is 18.2 Å². The van der Waals surface area contributed by atoms with Crippen LogP contribution in [-0.2, 0) is 4.74 Å². The Labute approximate surface area is 133 Å². The van der Waals surface area contributed by atoms with Crippen molar-refractivity contribution in [3.05, 3.63) is 34.9 Å². The first-order valence-corrected chi connectivity index (χ1v) is 7.98. The smallest absolute Gasteiger partial charge is 0.407 e. The van der Waals surface area contributed by atoms with Crippen molar-refractivity contribution >= 4 is 6.09 Å². The zero-order valence-corrected chi connectivity index (χ0v) is 14.5. The largest absolute Gasteiger partial charge is 0.444 e. The number of ether oxygens (including phenoxy) is 1. The van der Waals surface area contributed by atoms with E-state index in [0.717, 1.165) is 6.42 Å². The average molecular weight is 304 g/mol. The summed E-state index contributed by atoms with van der Waals surface area (Å²) in [6, 6.07) is 7.29. The Morgan fingerprint density at radius 3 is 2.59 bits per heavy atom. The fourth-order valence-corrected chi connectivity index (χ4v) is 2.63. The summed E-state index contributed by atoms with van der Waals surface area (Å²) >= 11 is 0. The van der Waals surface area contributed by atoms with Crippen LogP contribution in [0.3, 0.4) is 0 Å². The number of rotatable bonds is 4. The van der Waals surface area contributed by atoms with Crippen LogP contribution >= 0.6 is 0 Å². The second-order valence-corrected chi connectivity index (χ2v) is 7.34. The lowest BCUT2D eigenvalue weighted by Crippen LogP contribution is -2.37. The molecule has 1 saturated carbocycles. The molecule has 1 aromatic rings. The van der Waals surface area contributed by atoms with Crippen molar-refractivity contribution in [1.82, 2.24) is 10.6 Å². The predicted molar refractivity (Wildman–Crippen MR) is 89.0 cm³/mol. The van der Waals surface area contributed by atoms with Crippen LogP contribution in [0.4, 0.5) is 4.79 Å². The van der Waals surface area contributed by atoms with Gasteiger partial charge in [0.15, 0.2) is 0 Å². The van der Waals surface area contributed by atoms with Crippen LogP contribution in [0.15, 0.2) is 18.2 Å². The number of carbonyl (C=O) groups is 1. The maximum atomic E-state index is 11.7. The average Bonchev–Trinajstić information content (AvgIpc) is 3.07. The van der Waals surface area contributed by atoms with E-state index >= 15 is 0 Å². The number of hydrogen-bond donors (Lipinski definition) is 2. The number of benzene rings is 1. The van der Waals surface area contributed by atoms with Crippen molar-refractivity contribution in [2.75, 3.05) is 0 Å². The van der Waals surface area contributed by atoms with Gasteiger partial charge < -0.3 is 15.4 Å². The first-order chi connectivity index (χ1) is 10.2. The van der Waals surface area contributed by atoms with E-state index in [2.05, 4.69) is 49.6 Å². The molecule has 0 spiro atoms. The standard InChI is InChI=1S/C18H28N2O2/c1-11-7-8-12(2)14(9-11)13(3)19-15-10-16(15)20-17(21)22-18(4,5)6/h7-9,13,15-16,19H,10H2,1-6H3,(H,20,21). The van der Waals surface area contributed by atoms with Gasteiger partial charge in [0.25, 0.3) is 0 Å². The summed E-state index contributed by atoms with van der Waals surface area (Å²) in [4.78, 5) is 11.7. The fourth-order valence-electron chi connectivity index (χ4n) is 2.63. The minimum absolute atomic E-state index is 0.169. The van der Waals surface area contributed by atoms with Crippen molar-refractivity contribution in [2.24, 2.45) is 0 Å². The van der Waals surface area contributed by atoms with Gasteiger partial charge in [0, 0.05) is 18.1 Å². The molecule has 0 heterocycles. The molecule has 1 amide bonds. The van der Waals surface area contributed by atoms with E-state index in [1.807, 2.05) is 20.8 Å². The quantitative estimate of drug-likeness (QED) is 0.893. The Morgan fingerprint density at radius 2 is 1.95 bits per heavy atom. The third kappa shape index (κ3) is 4.73. The highest BCUT2D eigenvalue weighted by molar-refractivity contribution is 5.68. The number of hydrogen-bond acceptors (Lipinski definition) is 3. The number of nitrogens with one attached hydrogen (secondary N) is 2. The van der Waals surface area contributed by atoms with Crippen molar-refractivity contribution in [3.63, 3.8) is 0 Å². The second kappa shape index (κ2) is 6.29. The molecule has 22 heavy (non-hydrogen) atoms. The molecular weight excluding hydrogens is 276 g/mol. The molecule has 1 aliphatic rings. The fraction of sp³-hybridized carbons (Fsp3) is 0.611. The summed E-state index contributed by atoms with van der Waals surface area (Å²) in [5.74, 6) is 0. The normalized spacial score (nSPS) is 22.1. The van der Waals surface area contributed by atoms with Crippen molar-refractivity contribution in [1.29, 1.82) is 0 Å². The van der Waals surface area contributed by atoms with Gasteiger partial charge in [-0.3, -0.25) is 0 Å². The molecule has 1 fully saturated rings. The maximum absolute atomic E-state index is 11.7. The van der Waals surface area contributed by atoms with E-state index in [4.69, 9.17) is 4.74 Å². The predicted octanol–water partition coefficient (Wildman–Crippen LogP) is 3.62. The molecule has 0 bridgehead atoms. The second-order valence-electron chi connectivity index (χ2n) is 7.34. The van der Waals surface area contributed by atoms with Crippen molar-refractivity contribution in [2.45, 2.75) is 71.7 Å². The Morgan fingerprint density at radius 1 is 1.27 bits per heavy atom. The highest BCUT2D eigenvalue weighted by Gasteiger charge is 2.40. The van der Waals surface area contributed by atoms with Crippen LogP contribution in [-0.4, -0.2) is 23.8 Å². The molecular formula is C18H28N2O2. The van der Waals surface area contributed by atoms with Gasteiger partial charge in [-0.2, -0.15) is 0 Å². The highest BCUT2D eigenvalue weighted by atomic mass is 16.6. The third-order valence-electron chi connectivity index (χ3n) is 3.86. The molecule has 2 rings (SSSR count). The van der Waals surface area contributed by atoms with Crippen LogP contribution in [0.2, 0.25) is 0 Å². The number of amides is 1. The van der Waals surface area contributed by atoms with Crippen LogP contribution in [0.25, 0.3) is 0 Å². The minimum Gasteiger partial charge on any atom is -0.444 e. The summed E-state index contributed by atoms with van der Waals surface area (Å²) in [7, 11) is 0. The number of carbonyl (C=O) groups excluding carboxylic acids is 1. The molecule has 0 aliphatic heterocycles. The lowest BCUT2D eigenvalue weighted by atomic mass is 10.00. The van der Waals surface area contributed by atoms with E-state index in [1.165, 1.54) is 16.7 Å². The van der Waals surface area contributed by atoms with Crippen LogP contribution in [0, 0.1) is 13.8 Å². The van der Waals surface area contributed by atoms with Crippen LogP contribution in [0.1, 0.15) is 56.8 Å². The Bertz CT molecular complexity index is 549. The summed E-state index contributed by atoms with van der Waals surface area (Å²) in [5, 5.41) is 6.51. The van der Waals surface area contributed by atoms with Crippen molar-refractivity contribution in [3.8, 4) is 0 Å². The van der Waals surface area contributed by atoms with E-state index in [1.54, 1.807) is 0 Å². The van der Waals surface area contributed by atoms with Crippen molar-refractivity contribution < 1.29 is 9.53 Å². The lowest BCUT2D eigenvalue weighted by molar-refractivity contribution is 0.0522. The van der Waals surface area contributed by atoms with Gasteiger partial charge in [-0.25, -0.2) is 4.79 Å². The monoisotopic (exact) mass is 304 g/mol. The van der Waals surface area contributed by atoms with Crippen LogP contribution in [0.5, 0.6) is 0 Å². The van der Waals surface area contributed by atoms with Gasteiger partial charge in [0.2, 0.25) is 0 Å². The summed E-state index contributed by atoms with van der Waals surface area (Å²) < 4.78 is 5.28. The van der Waals surface area contributed by atoms with Crippen LogP contribution < -0.4 is 10.6 Å². The highest BCUT2D eigenvalue weighted by Crippen LogP contribution is 2.27. The molecule has 2 N–H and O–H groups in total. The van der Waals surface area contributed by atoms with E-state index in [9.17, 15) is 4.79 Å². The Kier molecular flexibility index (Phi) is 4.81. The molecule has 4 nitrogen and oxygen atoms in total. The first kappa shape index (κ1) is 16.8. The molecule has 4 heteroatoms. The number of alkyl carbamates (subject to hydrolysis) is 1. The summed E-state index contributed by atoms with van der Waals surface area (Å²) in [6.45, 7) is 12.0. The first-order valence-electron chi connectivity index (χ1n) is 7.98. The zero-order chi connectivity index (χ0) is 16.5. The molecule has 3 atom stereocenters. The Balaban J connectivity index is 1.84. The lowest BCUT2D eigenvalue weighted by Gasteiger charge is -2.20. The number of aryl methyl sites for hydroxylation is 2. The van der Waals surface area contributed by atoms with Gasteiger partial charge in [-0.1, -0.05) is 23.8 Å². The molecule has 3 unspecified atom stereocenters. The summed E-state index contributed by atoms with van der Waals surface area (Å²) in [6.07, 6.45) is 0.621. The van der Waals surface area contributed by atoms with Gasteiger partial charge >= 0.3 is 6.09 Å². The Hall–Kier alpha value is -1.55. The summed E-state index contributed by atoms with van der Waals surface area (Å²) in [5.41, 5.74) is 3.44. The minimum atomic E-state index is -0.451. The molecule has 122 valence electrons. The SMILES string of the molecule is Cc1ccc(C)c(C(C)NC2CC2NC(=O)OC(C)(C)C)c1. The molecule has 1 aliphatic carbocycles. The van der Waals surface area contributed by atoms with E-state index < -0.39 is 5.60 Å². The van der Waals surface area contributed by atoms with Gasteiger partial charge in [-0.05, 0) is 59.1 Å².